The summed E-state index contributed by atoms with van der Waals surface area (Å²) in [5, 5.41) is 0. The number of aryl methyl sites for hydroxylation is 1. The van der Waals surface area contributed by atoms with Gasteiger partial charge in [-0.3, -0.25) is 4.79 Å². The van der Waals surface area contributed by atoms with Crippen molar-refractivity contribution in [2.75, 3.05) is 6.61 Å². The molecule has 0 heterocycles. The number of hydrogen-bond donors (Lipinski definition) is 0. The molecule has 17 heavy (non-hydrogen) atoms. The Balaban J connectivity index is 2.63. The van der Waals surface area contributed by atoms with Crippen LogP contribution in [0.1, 0.15) is 25.8 Å². The van der Waals surface area contributed by atoms with Crippen molar-refractivity contribution in [2.45, 2.75) is 26.7 Å². The normalized spacial score (nSPS) is 13.8. The van der Waals surface area contributed by atoms with Gasteiger partial charge in [-0.15, -0.1) is 6.58 Å². The first-order chi connectivity index (χ1) is 8.12. The molecule has 0 fully saturated rings. The third-order valence-electron chi connectivity index (χ3n) is 2.97. The zero-order valence-corrected chi connectivity index (χ0v) is 10.6. The van der Waals surface area contributed by atoms with Gasteiger partial charge in [0.15, 0.2) is 0 Å². The minimum Gasteiger partial charge on any atom is -0.465 e. The van der Waals surface area contributed by atoms with Crippen LogP contribution in [0.4, 0.5) is 0 Å². The highest BCUT2D eigenvalue weighted by molar-refractivity contribution is 5.78. The van der Waals surface area contributed by atoms with E-state index in [-0.39, 0.29) is 5.97 Å². The van der Waals surface area contributed by atoms with Crippen LogP contribution in [0.15, 0.2) is 43.0 Å². The van der Waals surface area contributed by atoms with Crippen molar-refractivity contribution < 1.29 is 9.53 Å². The molecule has 1 aromatic carbocycles. The Labute approximate surface area is 103 Å². The molecule has 0 aliphatic carbocycles. The van der Waals surface area contributed by atoms with E-state index in [1.165, 1.54) is 5.56 Å². The van der Waals surface area contributed by atoms with E-state index in [1.807, 2.05) is 32.0 Å². The summed E-state index contributed by atoms with van der Waals surface area (Å²) in [6, 6.07) is 10.1. The summed E-state index contributed by atoms with van der Waals surface area (Å²) in [6.45, 7) is 7.85. The van der Waals surface area contributed by atoms with E-state index in [0.29, 0.717) is 6.61 Å². The Morgan fingerprint density at radius 3 is 2.59 bits per heavy atom. The van der Waals surface area contributed by atoms with E-state index in [0.717, 1.165) is 12.8 Å². The average molecular weight is 232 g/mol. The van der Waals surface area contributed by atoms with Gasteiger partial charge in [-0.25, -0.2) is 0 Å². The zero-order valence-electron chi connectivity index (χ0n) is 10.6. The number of benzene rings is 1. The average Bonchev–Trinajstić information content (AvgIpc) is 2.37. The largest absolute Gasteiger partial charge is 0.465 e. The fraction of sp³-hybridized carbons (Fsp3) is 0.400. The maximum absolute atomic E-state index is 11.8. The summed E-state index contributed by atoms with van der Waals surface area (Å²) in [5.41, 5.74) is 0.635. The molecule has 1 aromatic rings. The van der Waals surface area contributed by atoms with Crippen molar-refractivity contribution in [2.24, 2.45) is 5.41 Å². The van der Waals surface area contributed by atoms with Crippen LogP contribution in [-0.4, -0.2) is 12.6 Å². The van der Waals surface area contributed by atoms with Crippen LogP contribution in [0.5, 0.6) is 0 Å². The SMILES string of the molecule is C=CC(C)(CCc1ccccc1)C(=O)OCC. The Bertz CT molecular complexity index is 370. The van der Waals surface area contributed by atoms with Crippen molar-refractivity contribution in [3.05, 3.63) is 48.6 Å². The summed E-state index contributed by atoms with van der Waals surface area (Å²) < 4.78 is 5.08. The molecule has 1 unspecified atom stereocenters. The molecule has 1 atom stereocenters. The van der Waals surface area contributed by atoms with E-state index in [1.54, 1.807) is 6.08 Å². The second kappa shape index (κ2) is 6.24. The highest BCUT2D eigenvalue weighted by atomic mass is 16.5. The monoisotopic (exact) mass is 232 g/mol. The van der Waals surface area contributed by atoms with Crippen molar-refractivity contribution >= 4 is 5.97 Å². The maximum Gasteiger partial charge on any atom is 0.315 e. The first-order valence-corrected chi connectivity index (χ1v) is 5.97. The Kier molecular flexibility index (Phi) is 4.95. The number of carbonyl (C=O) groups excluding carboxylic acids is 1. The van der Waals surface area contributed by atoms with Gasteiger partial charge in [-0.05, 0) is 32.3 Å². The van der Waals surface area contributed by atoms with Crippen molar-refractivity contribution in [1.82, 2.24) is 0 Å². The zero-order chi connectivity index (χ0) is 12.7. The maximum atomic E-state index is 11.8. The minimum atomic E-state index is -0.591. The predicted octanol–water partition coefficient (Wildman–Crippen LogP) is 3.37. The van der Waals surface area contributed by atoms with E-state index >= 15 is 0 Å². The third kappa shape index (κ3) is 3.74. The molecule has 2 heteroatoms. The molecule has 0 amide bonds. The Morgan fingerprint density at radius 2 is 2.06 bits per heavy atom. The van der Waals surface area contributed by atoms with E-state index in [9.17, 15) is 4.79 Å². The smallest absolute Gasteiger partial charge is 0.315 e. The lowest BCUT2D eigenvalue weighted by atomic mass is 9.84. The lowest BCUT2D eigenvalue weighted by Gasteiger charge is -2.23. The van der Waals surface area contributed by atoms with Gasteiger partial charge in [-0.2, -0.15) is 0 Å². The van der Waals surface area contributed by atoms with E-state index in [2.05, 4.69) is 18.7 Å². The van der Waals surface area contributed by atoms with Crippen LogP contribution in [-0.2, 0) is 16.0 Å². The van der Waals surface area contributed by atoms with Gasteiger partial charge >= 0.3 is 5.97 Å². The fourth-order valence-corrected chi connectivity index (χ4v) is 1.63. The van der Waals surface area contributed by atoms with Crippen molar-refractivity contribution in [1.29, 1.82) is 0 Å². The first kappa shape index (κ1) is 13.5. The summed E-state index contributed by atoms with van der Waals surface area (Å²) in [7, 11) is 0. The summed E-state index contributed by atoms with van der Waals surface area (Å²) >= 11 is 0. The number of hydrogen-bond acceptors (Lipinski definition) is 2. The molecule has 0 aliphatic heterocycles. The Morgan fingerprint density at radius 1 is 1.41 bits per heavy atom. The first-order valence-electron chi connectivity index (χ1n) is 5.97. The van der Waals surface area contributed by atoms with E-state index in [4.69, 9.17) is 4.74 Å². The summed E-state index contributed by atoms with van der Waals surface area (Å²) in [6.07, 6.45) is 3.26. The van der Waals surface area contributed by atoms with Crippen molar-refractivity contribution in [3.63, 3.8) is 0 Å². The van der Waals surface area contributed by atoms with Crippen molar-refractivity contribution in [3.8, 4) is 0 Å². The van der Waals surface area contributed by atoms with Gasteiger partial charge in [0.1, 0.15) is 0 Å². The number of esters is 1. The second-order valence-corrected chi connectivity index (χ2v) is 4.33. The summed E-state index contributed by atoms with van der Waals surface area (Å²) in [5.74, 6) is -0.189. The molecule has 2 nitrogen and oxygen atoms in total. The van der Waals surface area contributed by atoms with Crippen LogP contribution in [0, 0.1) is 5.41 Å². The molecule has 0 N–H and O–H groups in total. The highest BCUT2D eigenvalue weighted by Gasteiger charge is 2.30. The van der Waals surface area contributed by atoms with Gasteiger partial charge in [0.05, 0.1) is 12.0 Å². The van der Waals surface area contributed by atoms with Gasteiger partial charge in [-0.1, -0.05) is 36.4 Å². The molecule has 0 radical (unpaired) electrons. The lowest BCUT2D eigenvalue weighted by Crippen LogP contribution is -2.28. The number of rotatable bonds is 6. The second-order valence-electron chi connectivity index (χ2n) is 4.33. The van der Waals surface area contributed by atoms with E-state index < -0.39 is 5.41 Å². The van der Waals surface area contributed by atoms with Crippen LogP contribution in [0.25, 0.3) is 0 Å². The van der Waals surface area contributed by atoms with Gasteiger partial charge in [0, 0.05) is 0 Å². The molecule has 0 aromatic heterocycles. The number of carbonyl (C=O) groups is 1. The van der Waals surface area contributed by atoms with Gasteiger partial charge < -0.3 is 4.74 Å². The predicted molar refractivity (Wildman–Crippen MR) is 69.7 cm³/mol. The molecule has 0 saturated heterocycles. The Hall–Kier alpha value is -1.57. The minimum absolute atomic E-state index is 0.189. The fourth-order valence-electron chi connectivity index (χ4n) is 1.63. The van der Waals surface area contributed by atoms with Crippen LogP contribution in [0.3, 0.4) is 0 Å². The molecule has 92 valence electrons. The molecular formula is C15H20O2. The molecule has 0 saturated carbocycles. The lowest BCUT2D eigenvalue weighted by molar-refractivity contribution is -0.151. The van der Waals surface area contributed by atoms with Gasteiger partial charge in [0.25, 0.3) is 0 Å². The molecule has 1 rings (SSSR count). The highest BCUT2D eigenvalue weighted by Crippen LogP contribution is 2.26. The number of ether oxygens (including phenoxy) is 1. The third-order valence-corrected chi connectivity index (χ3v) is 2.97. The van der Waals surface area contributed by atoms with Gasteiger partial charge in [0.2, 0.25) is 0 Å². The topological polar surface area (TPSA) is 26.3 Å². The molecule has 0 aliphatic rings. The standard InChI is InChI=1S/C15H20O2/c1-4-15(3,14(16)17-5-2)12-11-13-9-7-6-8-10-13/h4,6-10H,1,5,11-12H2,2-3H3. The summed E-state index contributed by atoms with van der Waals surface area (Å²) in [4.78, 5) is 11.8. The molecule has 0 spiro atoms. The molecular weight excluding hydrogens is 212 g/mol. The van der Waals surface area contributed by atoms with Crippen LogP contribution in [0.2, 0.25) is 0 Å². The quantitative estimate of drug-likeness (QED) is 0.555. The molecule has 0 bridgehead atoms. The van der Waals surface area contributed by atoms with Crippen LogP contribution < -0.4 is 0 Å². The van der Waals surface area contributed by atoms with Crippen LogP contribution >= 0.6 is 0 Å².